The zero-order valence-electron chi connectivity index (χ0n) is 14.4. The molecular formula is C20H17N3O3. The van der Waals surface area contributed by atoms with E-state index < -0.39 is 0 Å². The molecule has 2 aromatic heterocycles. The zero-order chi connectivity index (χ0) is 18.1. The molecule has 1 N–H and O–H groups in total. The smallest absolute Gasteiger partial charge is 0.287 e. The molecule has 0 saturated carbocycles. The van der Waals surface area contributed by atoms with Gasteiger partial charge in [0.2, 0.25) is 11.7 Å². The van der Waals surface area contributed by atoms with E-state index in [4.69, 9.17) is 8.94 Å². The van der Waals surface area contributed by atoms with Crippen LogP contribution < -0.4 is 5.32 Å². The molecule has 0 atom stereocenters. The lowest BCUT2D eigenvalue weighted by molar-refractivity contribution is 0.0920. The number of aryl methyl sites for hydroxylation is 2. The highest BCUT2D eigenvalue weighted by atomic mass is 16.5. The molecule has 2 aromatic carbocycles. The molecule has 26 heavy (non-hydrogen) atoms. The fraction of sp³-hybridized carbons (Fsp3) is 0.150. The van der Waals surface area contributed by atoms with Crippen LogP contribution in [0.5, 0.6) is 0 Å². The number of carbonyl (C=O) groups is 1. The third kappa shape index (κ3) is 2.86. The van der Waals surface area contributed by atoms with E-state index in [0.29, 0.717) is 17.5 Å². The molecule has 0 fully saturated rings. The van der Waals surface area contributed by atoms with Gasteiger partial charge in [0.25, 0.3) is 5.91 Å². The van der Waals surface area contributed by atoms with Gasteiger partial charge in [-0.1, -0.05) is 53.7 Å². The van der Waals surface area contributed by atoms with E-state index in [0.717, 1.165) is 27.7 Å². The van der Waals surface area contributed by atoms with Gasteiger partial charge < -0.3 is 14.3 Å². The van der Waals surface area contributed by atoms with Crippen LogP contribution in [0.25, 0.3) is 22.4 Å². The standard InChI is InChI=1S/C20H17N3O3/c1-12-7-6-10-15-13(2)18(25-17(12)15)20(24)21-11-16-22-19(23-26-16)14-8-4-3-5-9-14/h3-10H,11H2,1-2H3,(H,21,24). The summed E-state index contributed by atoms with van der Waals surface area (Å²) in [6.45, 7) is 3.96. The number of carbonyl (C=O) groups excluding carboxylic acids is 1. The van der Waals surface area contributed by atoms with Crippen LogP contribution in [0, 0.1) is 13.8 Å². The molecule has 0 saturated heterocycles. The van der Waals surface area contributed by atoms with Gasteiger partial charge in [0, 0.05) is 16.5 Å². The molecule has 4 rings (SSSR count). The van der Waals surface area contributed by atoms with Crippen LogP contribution in [0.15, 0.2) is 57.5 Å². The van der Waals surface area contributed by atoms with Gasteiger partial charge in [0.05, 0.1) is 6.54 Å². The molecular weight excluding hydrogens is 330 g/mol. The largest absolute Gasteiger partial charge is 0.450 e. The number of para-hydroxylation sites is 1. The second-order valence-electron chi connectivity index (χ2n) is 6.07. The van der Waals surface area contributed by atoms with Gasteiger partial charge >= 0.3 is 0 Å². The predicted octanol–water partition coefficient (Wildman–Crippen LogP) is 4.03. The third-order valence-electron chi connectivity index (χ3n) is 4.27. The molecule has 2 heterocycles. The van der Waals surface area contributed by atoms with Crippen molar-refractivity contribution >= 4 is 16.9 Å². The van der Waals surface area contributed by atoms with E-state index in [1.807, 2.05) is 62.4 Å². The molecule has 0 unspecified atom stereocenters. The number of hydrogen-bond donors (Lipinski definition) is 1. The van der Waals surface area contributed by atoms with Crippen molar-refractivity contribution in [2.75, 3.05) is 0 Å². The first kappa shape index (κ1) is 16.1. The predicted molar refractivity (Wildman–Crippen MR) is 96.6 cm³/mol. The molecule has 0 spiro atoms. The first-order chi connectivity index (χ1) is 12.6. The molecule has 0 radical (unpaired) electrons. The molecule has 130 valence electrons. The van der Waals surface area contributed by atoms with Crippen molar-refractivity contribution < 1.29 is 13.7 Å². The number of nitrogens with one attached hydrogen (secondary N) is 1. The number of aromatic nitrogens is 2. The van der Waals surface area contributed by atoms with Crippen LogP contribution in [0.4, 0.5) is 0 Å². The maximum Gasteiger partial charge on any atom is 0.287 e. The van der Waals surface area contributed by atoms with Crippen molar-refractivity contribution in [2.24, 2.45) is 0 Å². The SMILES string of the molecule is Cc1c(C(=O)NCc2nc(-c3ccccc3)no2)oc2c(C)cccc12. The molecule has 1 amide bonds. The molecule has 0 bridgehead atoms. The van der Waals surface area contributed by atoms with E-state index in [-0.39, 0.29) is 12.5 Å². The maximum atomic E-state index is 12.5. The summed E-state index contributed by atoms with van der Waals surface area (Å²) in [5, 5.41) is 7.66. The molecule has 0 aliphatic heterocycles. The van der Waals surface area contributed by atoms with Crippen molar-refractivity contribution in [3.05, 3.63) is 71.3 Å². The Hall–Kier alpha value is -3.41. The van der Waals surface area contributed by atoms with Crippen molar-refractivity contribution in [1.29, 1.82) is 0 Å². The van der Waals surface area contributed by atoms with Gasteiger partial charge in [-0.05, 0) is 19.4 Å². The van der Waals surface area contributed by atoms with E-state index in [1.165, 1.54) is 0 Å². The first-order valence-corrected chi connectivity index (χ1v) is 8.28. The normalized spacial score (nSPS) is 11.0. The van der Waals surface area contributed by atoms with Crippen LogP contribution in [0.1, 0.15) is 27.6 Å². The van der Waals surface area contributed by atoms with Crippen LogP contribution in [0.2, 0.25) is 0 Å². The Morgan fingerprint density at radius 3 is 2.65 bits per heavy atom. The van der Waals surface area contributed by atoms with Gasteiger partial charge in [-0.3, -0.25) is 4.79 Å². The summed E-state index contributed by atoms with van der Waals surface area (Å²) in [4.78, 5) is 16.8. The summed E-state index contributed by atoms with van der Waals surface area (Å²) in [5.41, 5.74) is 3.41. The van der Waals surface area contributed by atoms with Crippen molar-refractivity contribution in [3.8, 4) is 11.4 Å². The lowest BCUT2D eigenvalue weighted by Crippen LogP contribution is -2.23. The number of hydrogen-bond acceptors (Lipinski definition) is 5. The highest BCUT2D eigenvalue weighted by Crippen LogP contribution is 2.27. The van der Waals surface area contributed by atoms with Gasteiger partial charge in [-0.25, -0.2) is 0 Å². The van der Waals surface area contributed by atoms with Crippen molar-refractivity contribution in [2.45, 2.75) is 20.4 Å². The van der Waals surface area contributed by atoms with Crippen molar-refractivity contribution in [1.82, 2.24) is 15.5 Å². The Morgan fingerprint density at radius 2 is 1.88 bits per heavy atom. The number of fused-ring (bicyclic) bond motifs is 1. The van der Waals surface area contributed by atoms with Gasteiger partial charge in [0.1, 0.15) is 5.58 Å². The molecule has 0 aliphatic carbocycles. The molecule has 4 aromatic rings. The Morgan fingerprint density at radius 1 is 1.08 bits per heavy atom. The summed E-state index contributed by atoms with van der Waals surface area (Å²) in [5.74, 6) is 0.821. The first-order valence-electron chi connectivity index (χ1n) is 8.28. The average molecular weight is 347 g/mol. The lowest BCUT2D eigenvalue weighted by Gasteiger charge is -2.00. The Bertz CT molecular complexity index is 1080. The number of furan rings is 1. The molecule has 6 heteroatoms. The molecule has 6 nitrogen and oxygen atoms in total. The fourth-order valence-corrected chi connectivity index (χ4v) is 2.87. The maximum absolute atomic E-state index is 12.5. The summed E-state index contributed by atoms with van der Waals surface area (Å²) >= 11 is 0. The van der Waals surface area contributed by atoms with Gasteiger partial charge in [-0.2, -0.15) is 4.98 Å². The minimum Gasteiger partial charge on any atom is -0.450 e. The monoisotopic (exact) mass is 347 g/mol. The fourth-order valence-electron chi connectivity index (χ4n) is 2.87. The Kier molecular flexibility index (Phi) is 4.01. The van der Waals surface area contributed by atoms with Crippen LogP contribution >= 0.6 is 0 Å². The van der Waals surface area contributed by atoms with Crippen LogP contribution in [-0.2, 0) is 6.54 Å². The summed E-state index contributed by atoms with van der Waals surface area (Å²) < 4.78 is 11.0. The third-order valence-corrected chi connectivity index (χ3v) is 4.27. The van der Waals surface area contributed by atoms with Crippen LogP contribution in [0.3, 0.4) is 0 Å². The number of benzene rings is 2. The zero-order valence-corrected chi connectivity index (χ0v) is 14.4. The number of nitrogens with zero attached hydrogens (tertiary/aromatic N) is 2. The highest BCUT2D eigenvalue weighted by molar-refractivity contribution is 5.99. The number of rotatable bonds is 4. The Balaban J connectivity index is 1.50. The van der Waals surface area contributed by atoms with Crippen LogP contribution in [-0.4, -0.2) is 16.0 Å². The molecule has 0 aliphatic rings. The second-order valence-corrected chi connectivity index (χ2v) is 6.07. The van der Waals surface area contributed by atoms with E-state index in [9.17, 15) is 4.79 Å². The average Bonchev–Trinajstić information content (AvgIpc) is 3.27. The highest BCUT2D eigenvalue weighted by Gasteiger charge is 2.19. The Labute approximate surface area is 149 Å². The summed E-state index contributed by atoms with van der Waals surface area (Å²) in [6.07, 6.45) is 0. The quantitative estimate of drug-likeness (QED) is 0.603. The van der Waals surface area contributed by atoms with E-state index in [2.05, 4.69) is 15.5 Å². The van der Waals surface area contributed by atoms with E-state index in [1.54, 1.807) is 0 Å². The minimum atomic E-state index is -0.308. The lowest BCUT2D eigenvalue weighted by atomic mass is 10.1. The number of amides is 1. The van der Waals surface area contributed by atoms with E-state index >= 15 is 0 Å². The second kappa shape index (κ2) is 6.48. The van der Waals surface area contributed by atoms with Crippen molar-refractivity contribution in [3.63, 3.8) is 0 Å². The van der Waals surface area contributed by atoms with Gasteiger partial charge in [-0.15, -0.1) is 0 Å². The summed E-state index contributed by atoms with van der Waals surface area (Å²) in [7, 11) is 0. The topological polar surface area (TPSA) is 81.2 Å². The summed E-state index contributed by atoms with van der Waals surface area (Å²) in [6, 6.07) is 15.4. The minimum absolute atomic E-state index is 0.133. The van der Waals surface area contributed by atoms with Gasteiger partial charge in [0.15, 0.2) is 5.76 Å².